The fraction of sp³-hybridized carbons (Fsp3) is 0.520. The molecule has 2 aromatic heterocycles. The highest BCUT2D eigenvalue weighted by molar-refractivity contribution is 7.12. The van der Waals surface area contributed by atoms with Gasteiger partial charge < -0.3 is 15.0 Å². The minimum absolute atomic E-state index is 0.0462. The van der Waals surface area contributed by atoms with Crippen molar-refractivity contribution in [1.29, 1.82) is 0 Å². The van der Waals surface area contributed by atoms with E-state index in [9.17, 15) is 9.59 Å². The minimum atomic E-state index is -0.491. The zero-order chi connectivity index (χ0) is 24.5. The van der Waals surface area contributed by atoms with E-state index in [4.69, 9.17) is 9.72 Å². The zero-order valence-electron chi connectivity index (χ0n) is 20.5. The van der Waals surface area contributed by atoms with Gasteiger partial charge in [-0.1, -0.05) is 37.3 Å². The maximum atomic E-state index is 13.5. The molecule has 1 saturated heterocycles. The number of fused-ring (bicyclic) bond motifs is 1. The number of hydrogen-bond donors (Lipinski definition) is 1. The largest absolute Gasteiger partial charge is 0.444 e. The van der Waals surface area contributed by atoms with Gasteiger partial charge in [0.1, 0.15) is 11.4 Å². The normalized spacial score (nSPS) is 15.4. The number of likely N-dealkylation sites (tertiary alicyclic amines) is 1. The SMILES string of the molecule is CCC(NCC1CN(C(=O)OC(C)(C)C)C1)c1nc2snc(C)c2c(=O)n1Cc1ccccc1. The molecule has 0 bridgehead atoms. The first-order valence-electron chi connectivity index (χ1n) is 11.8. The van der Waals surface area contributed by atoms with Crippen molar-refractivity contribution in [3.05, 3.63) is 57.8 Å². The van der Waals surface area contributed by atoms with Crippen LogP contribution in [0.4, 0.5) is 4.79 Å². The summed E-state index contributed by atoms with van der Waals surface area (Å²) in [5, 5.41) is 4.21. The number of amides is 1. The highest BCUT2D eigenvalue weighted by Gasteiger charge is 2.34. The molecule has 34 heavy (non-hydrogen) atoms. The van der Waals surface area contributed by atoms with E-state index in [1.807, 2.05) is 58.0 Å². The number of aromatic nitrogens is 3. The Balaban J connectivity index is 1.51. The van der Waals surface area contributed by atoms with Gasteiger partial charge in [-0.25, -0.2) is 9.78 Å². The number of benzene rings is 1. The highest BCUT2D eigenvalue weighted by Crippen LogP contribution is 2.24. The molecule has 1 atom stereocenters. The van der Waals surface area contributed by atoms with Crippen LogP contribution in [0.2, 0.25) is 0 Å². The van der Waals surface area contributed by atoms with Gasteiger partial charge in [-0.05, 0) is 51.2 Å². The summed E-state index contributed by atoms with van der Waals surface area (Å²) in [6, 6.07) is 9.88. The molecule has 0 saturated carbocycles. The number of carbonyl (C=O) groups excluding carboxylic acids is 1. The second-order valence-corrected chi connectivity index (χ2v) is 10.7. The van der Waals surface area contributed by atoms with Crippen molar-refractivity contribution in [2.45, 2.75) is 59.2 Å². The average Bonchev–Trinajstić information content (AvgIpc) is 3.12. The standard InChI is InChI=1S/C25H33N5O3S/c1-6-19(26-12-18-13-29(14-18)24(32)33-25(3,4)5)21-27-22-20(16(2)28-34-22)23(31)30(21)15-17-10-8-7-9-11-17/h7-11,18-19,26H,6,12-15H2,1-5H3. The molecule has 4 rings (SSSR count). The monoisotopic (exact) mass is 483 g/mol. The van der Waals surface area contributed by atoms with Crippen molar-refractivity contribution in [2.24, 2.45) is 5.92 Å². The molecule has 1 aromatic carbocycles. The number of aryl methyl sites for hydroxylation is 1. The van der Waals surface area contributed by atoms with Crippen LogP contribution >= 0.6 is 11.5 Å². The Labute approximate surface area is 204 Å². The molecule has 0 spiro atoms. The summed E-state index contributed by atoms with van der Waals surface area (Å²) in [5.41, 5.74) is 1.24. The first-order chi connectivity index (χ1) is 16.2. The molecule has 1 unspecified atom stereocenters. The molecule has 182 valence electrons. The van der Waals surface area contributed by atoms with Gasteiger partial charge in [0.2, 0.25) is 0 Å². The summed E-state index contributed by atoms with van der Waals surface area (Å²) < 4.78 is 11.6. The molecule has 9 heteroatoms. The molecule has 8 nitrogen and oxygen atoms in total. The third-order valence-electron chi connectivity index (χ3n) is 5.96. The summed E-state index contributed by atoms with van der Waals surface area (Å²) in [6.07, 6.45) is 0.521. The van der Waals surface area contributed by atoms with Gasteiger partial charge >= 0.3 is 6.09 Å². The van der Waals surface area contributed by atoms with Gasteiger partial charge in [0.15, 0.2) is 4.83 Å². The van der Waals surface area contributed by atoms with Crippen LogP contribution in [-0.4, -0.2) is 50.2 Å². The first-order valence-corrected chi connectivity index (χ1v) is 12.6. The molecule has 1 amide bonds. The van der Waals surface area contributed by atoms with Crippen molar-refractivity contribution in [3.63, 3.8) is 0 Å². The summed E-state index contributed by atoms with van der Waals surface area (Å²) >= 11 is 1.27. The zero-order valence-corrected chi connectivity index (χ0v) is 21.3. The Morgan fingerprint density at radius 1 is 1.26 bits per heavy atom. The smallest absolute Gasteiger partial charge is 0.410 e. The third-order valence-corrected chi connectivity index (χ3v) is 6.80. The van der Waals surface area contributed by atoms with Gasteiger partial charge in [0.25, 0.3) is 5.56 Å². The molecule has 1 fully saturated rings. The van der Waals surface area contributed by atoms with Gasteiger partial charge in [-0.2, -0.15) is 4.37 Å². The van der Waals surface area contributed by atoms with Gasteiger partial charge in [0.05, 0.1) is 23.7 Å². The van der Waals surface area contributed by atoms with Crippen molar-refractivity contribution in [3.8, 4) is 0 Å². The maximum Gasteiger partial charge on any atom is 0.410 e. The van der Waals surface area contributed by atoms with Gasteiger partial charge in [-0.3, -0.25) is 9.36 Å². The highest BCUT2D eigenvalue weighted by atomic mass is 32.1. The second kappa shape index (κ2) is 9.84. The maximum absolute atomic E-state index is 13.5. The lowest BCUT2D eigenvalue weighted by Gasteiger charge is -2.40. The Morgan fingerprint density at radius 2 is 1.97 bits per heavy atom. The molecule has 0 radical (unpaired) electrons. The quantitative estimate of drug-likeness (QED) is 0.544. The predicted molar refractivity (Wildman–Crippen MR) is 134 cm³/mol. The topological polar surface area (TPSA) is 89.4 Å². The summed E-state index contributed by atoms with van der Waals surface area (Å²) in [6.45, 7) is 12.1. The van der Waals surface area contributed by atoms with E-state index in [0.717, 1.165) is 30.0 Å². The Morgan fingerprint density at radius 3 is 2.62 bits per heavy atom. The van der Waals surface area contributed by atoms with E-state index in [2.05, 4.69) is 16.6 Å². The lowest BCUT2D eigenvalue weighted by atomic mass is 10.00. The van der Waals surface area contributed by atoms with Crippen LogP contribution in [-0.2, 0) is 11.3 Å². The number of nitrogens with zero attached hydrogens (tertiary/aromatic N) is 4. The molecule has 3 heterocycles. The molecule has 1 N–H and O–H groups in total. The molecule has 1 aliphatic rings. The lowest BCUT2D eigenvalue weighted by Crippen LogP contribution is -2.54. The van der Waals surface area contributed by atoms with Crippen molar-refractivity contribution >= 4 is 27.8 Å². The molecule has 1 aliphatic heterocycles. The van der Waals surface area contributed by atoms with Crippen LogP contribution in [0.15, 0.2) is 35.1 Å². The predicted octanol–water partition coefficient (Wildman–Crippen LogP) is 4.12. The molecular formula is C25H33N5O3S. The van der Waals surface area contributed by atoms with Crippen LogP contribution in [0.1, 0.15) is 57.2 Å². The number of rotatable bonds is 7. The first kappa shape index (κ1) is 24.3. The lowest BCUT2D eigenvalue weighted by molar-refractivity contribution is -0.00115. The molecular weight excluding hydrogens is 450 g/mol. The second-order valence-electron chi connectivity index (χ2n) is 9.92. The average molecular weight is 484 g/mol. The molecule has 3 aromatic rings. The summed E-state index contributed by atoms with van der Waals surface area (Å²) in [4.78, 5) is 33.0. The van der Waals surface area contributed by atoms with E-state index in [-0.39, 0.29) is 17.7 Å². The fourth-order valence-electron chi connectivity index (χ4n) is 4.17. The number of carbonyl (C=O) groups is 1. The van der Waals surface area contributed by atoms with E-state index in [1.165, 1.54) is 11.5 Å². The van der Waals surface area contributed by atoms with E-state index >= 15 is 0 Å². The Kier molecular flexibility index (Phi) is 7.04. The number of hydrogen-bond acceptors (Lipinski definition) is 7. The van der Waals surface area contributed by atoms with Crippen LogP contribution < -0.4 is 10.9 Å². The van der Waals surface area contributed by atoms with Crippen molar-refractivity contribution in [1.82, 2.24) is 24.1 Å². The summed E-state index contributed by atoms with van der Waals surface area (Å²) in [5.74, 6) is 1.07. The van der Waals surface area contributed by atoms with Crippen LogP contribution in [0, 0.1) is 12.8 Å². The van der Waals surface area contributed by atoms with Crippen LogP contribution in [0.5, 0.6) is 0 Å². The molecule has 0 aliphatic carbocycles. The van der Waals surface area contributed by atoms with Crippen LogP contribution in [0.3, 0.4) is 0 Å². The fourth-order valence-corrected chi connectivity index (χ4v) is 4.95. The van der Waals surface area contributed by atoms with E-state index in [0.29, 0.717) is 35.8 Å². The van der Waals surface area contributed by atoms with E-state index in [1.54, 1.807) is 9.47 Å². The van der Waals surface area contributed by atoms with E-state index < -0.39 is 5.60 Å². The third kappa shape index (κ3) is 5.31. The number of ether oxygens (including phenoxy) is 1. The Hall–Kier alpha value is -2.78. The minimum Gasteiger partial charge on any atom is -0.444 e. The number of nitrogens with one attached hydrogen (secondary N) is 1. The van der Waals surface area contributed by atoms with Gasteiger partial charge in [-0.15, -0.1) is 0 Å². The summed E-state index contributed by atoms with van der Waals surface area (Å²) in [7, 11) is 0. The van der Waals surface area contributed by atoms with Gasteiger partial charge in [0, 0.05) is 25.6 Å². The van der Waals surface area contributed by atoms with Crippen LogP contribution in [0.25, 0.3) is 10.2 Å². The Bertz CT molecular complexity index is 1210. The van der Waals surface area contributed by atoms with Crippen molar-refractivity contribution in [2.75, 3.05) is 19.6 Å². The van der Waals surface area contributed by atoms with Crippen molar-refractivity contribution < 1.29 is 9.53 Å².